The number of hydrogen-bond donors (Lipinski definition) is 3. The largest absolute Gasteiger partial charge is 0.444 e. The molecule has 0 heterocycles. The van der Waals surface area contributed by atoms with Gasteiger partial charge in [-0.2, -0.15) is 0 Å². The molecule has 8 nitrogen and oxygen atoms in total. The van der Waals surface area contributed by atoms with Crippen LogP contribution in [0.15, 0.2) is 30.3 Å². The minimum Gasteiger partial charge on any atom is -0.444 e. The number of amides is 3. The molecule has 1 rings (SSSR count). The number of hydrogen-bond acceptors (Lipinski definition) is 5. The third-order valence-corrected chi connectivity index (χ3v) is 4.83. The van der Waals surface area contributed by atoms with Crippen LogP contribution in [0.1, 0.15) is 79.3 Å². The molecular formula is C25H41N3O5. The lowest BCUT2D eigenvalue weighted by Crippen LogP contribution is -2.59. The van der Waals surface area contributed by atoms with E-state index < -0.39 is 41.8 Å². The molecule has 0 aromatic heterocycles. The van der Waals surface area contributed by atoms with Crippen molar-refractivity contribution in [3.8, 4) is 0 Å². The summed E-state index contributed by atoms with van der Waals surface area (Å²) in [5, 5.41) is 15.3. The second-order valence-electron chi connectivity index (χ2n) is 10.1. The molecule has 0 bridgehead atoms. The maximum Gasteiger partial charge on any atom is 0.408 e. The number of alkyl carbamates (subject to hydrolysis) is 1. The lowest BCUT2D eigenvalue weighted by molar-refractivity contribution is -0.149. The van der Waals surface area contributed by atoms with E-state index in [1.165, 1.54) is 4.90 Å². The minimum atomic E-state index is -1.27. The van der Waals surface area contributed by atoms with Crippen LogP contribution in [0.4, 0.5) is 4.79 Å². The van der Waals surface area contributed by atoms with Crippen LogP contribution in [0.3, 0.4) is 0 Å². The Labute approximate surface area is 198 Å². The van der Waals surface area contributed by atoms with Crippen molar-refractivity contribution in [2.45, 2.75) is 91.0 Å². The van der Waals surface area contributed by atoms with E-state index in [0.717, 1.165) is 19.3 Å². The van der Waals surface area contributed by atoms with Crippen LogP contribution in [0.25, 0.3) is 0 Å². The Morgan fingerprint density at radius 3 is 2.12 bits per heavy atom. The zero-order chi connectivity index (χ0) is 25.2. The van der Waals surface area contributed by atoms with Crippen molar-refractivity contribution in [2.24, 2.45) is 0 Å². The Kier molecular flexibility index (Phi) is 10.8. The Hall–Kier alpha value is -2.61. The normalized spacial score (nSPS) is 13.6. The van der Waals surface area contributed by atoms with Gasteiger partial charge in [-0.3, -0.25) is 9.59 Å². The highest BCUT2D eigenvalue weighted by atomic mass is 16.6. The van der Waals surface area contributed by atoms with Gasteiger partial charge in [-0.15, -0.1) is 0 Å². The summed E-state index contributed by atoms with van der Waals surface area (Å²) in [5.41, 5.74) is -0.911. The molecule has 0 aliphatic heterocycles. The Morgan fingerprint density at radius 2 is 1.64 bits per heavy atom. The fraction of sp³-hybridized carbons (Fsp3) is 0.640. The molecule has 0 aliphatic rings. The molecule has 0 saturated heterocycles. The van der Waals surface area contributed by atoms with Crippen LogP contribution < -0.4 is 10.6 Å². The van der Waals surface area contributed by atoms with Gasteiger partial charge >= 0.3 is 6.09 Å². The van der Waals surface area contributed by atoms with Gasteiger partial charge in [0.05, 0.1) is 6.61 Å². The van der Waals surface area contributed by atoms with Gasteiger partial charge in [-0.25, -0.2) is 4.79 Å². The summed E-state index contributed by atoms with van der Waals surface area (Å²) in [5.74, 6) is -0.886. The Bertz CT molecular complexity index is 768. The summed E-state index contributed by atoms with van der Waals surface area (Å²) < 4.78 is 5.24. The van der Waals surface area contributed by atoms with Crippen LogP contribution in [0.5, 0.6) is 0 Å². The van der Waals surface area contributed by atoms with Gasteiger partial charge in [-0.1, -0.05) is 50.1 Å². The van der Waals surface area contributed by atoms with Crippen LogP contribution in [-0.4, -0.2) is 58.2 Å². The number of ether oxygens (including phenoxy) is 1. The topological polar surface area (TPSA) is 108 Å². The number of aliphatic hydroxyl groups is 1. The minimum absolute atomic E-state index is 0.311. The molecule has 0 saturated carbocycles. The van der Waals surface area contributed by atoms with E-state index in [-0.39, 0.29) is 5.91 Å². The van der Waals surface area contributed by atoms with Crippen LogP contribution in [0, 0.1) is 0 Å². The van der Waals surface area contributed by atoms with Gasteiger partial charge in [-0.05, 0) is 53.5 Å². The first-order valence-electron chi connectivity index (χ1n) is 11.6. The highest BCUT2D eigenvalue weighted by Gasteiger charge is 2.41. The average Bonchev–Trinajstić information content (AvgIpc) is 2.71. The number of benzene rings is 1. The third-order valence-electron chi connectivity index (χ3n) is 4.83. The van der Waals surface area contributed by atoms with Gasteiger partial charge in [0.25, 0.3) is 0 Å². The highest BCUT2D eigenvalue weighted by Crippen LogP contribution is 2.30. The van der Waals surface area contributed by atoms with Crippen molar-refractivity contribution in [1.82, 2.24) is 15.5 Å². The van der Waals surface area contributed by atoms with E-state index in [1.807, 2.05) is 26.8 Å². The fourth-order valence-corrected chi connectivity index (χ4v) is 3.38. The molecule has 1 aromatic rings. The second kappa shape index (κ2) is 12.6. The molecule has 0 spiro atoms. The van der Waals surface area contributed by atoms with Crippen molar-refractivity contribution in [1.29, 1.82) is 0 Å². The first kappa shape index (κ1) is 28.4. The SMILES string of the molecule is CCCCCNC(=O)C(c1ccccc1)N(C(=O)C(CO)NC(=O)OC(C)(C)C)C(C)(C)C. The molecule has 3 N–H and O–H groups in total. The summed E-state index contributed by atoms with van der Waals surface area (Å²) in [6.07, 6.45) is 2.04. The maximum absolute atomic E-state index is 13.6. The third kappa shape index (κ3) is 9.42. The predicted octanol–water partition coefficient (Wildman–Crippen LogP) is 3.55. The fourth-order valence-electron chi connectivity index (χ4n) is 3.38. The number of unbranched alkanes of at least 4 members (excludes halogenated alkanes) is 2. The van der Waals surface area contributed by atoms with Crippen molar-refractivity contribution in [3.63, 3.8) is 0 Å². The molecule has 3 amide bonds. The number of aliphatic hydroxyl groups excluding tert-OH is 1. The standard InChI is InChI=1S/C25H41N3O5/c1-8-9-13-16-26-21(30)20(18-14-11-10-12-15-18)28(24(2,3)4)22(31)19(17-29)27-23(32)33-25(5,6)7/h10-12,14-15,19-20,29H,8-9,13,16-17H2,1-7H3,(H,26,30)(H,27,32). The van der Waals surface area contributed by atoms with Crippen LogP contribution >= 0.6 is 0 Å². The summed E-state index contributed by atoms with van der Waals surface area (Å²) in [7, 11) is 0. The van der Waals surface area contributed by atoms with Gasteiger partial charge < -0.3 is 25.4 Å². The molecule has 0 radical (unpaired) electrons. The Balaban J connectivity index is 3.30. The van der Waals surface area contributed by atoms with Crippen molar-refractivity contribution >= 4 is 17.9 Å². The summed E-state index contributed by atoms with van der Waals surface area (Å²) in [6.45, 7) is 12.5. The molecule has 0 aliphatic carbocycles. The average molecular weight is 464 g/mol. The van der Waals surface area contributed by atoms with Gasteiger partial charge in [0.2, 0.25) is 11.8 Å². The number of nitrogens with zero attached hydrogens (tertiary/aromatic N) is 1. The van der Waals surface area contributed by atoms with E-state index in [1.54, 1.807) is 45.0 Å². The summed E-state index contributed by atoms with van der Waals surface area (Å²) in [4.78, 5) is 40.7. The molecule has 33 heavy (non-hydrogen) atoms. The molecule has 0 fully saturated rings. The maximum atomic E-state index is 13.6. The monoisotopic (exact) mass is 463 g/mol. The highest BCUT2D eigenvalue weighted by molar-refractivity contribution is 5.92. The van der Waals surface area contributed by atoms with Crippen LogP contribution in [-0.2, 0) is 14.3 Å². The number of carbonyl (C=O) groups excluding carboxylic acids is 3. The van der Waals surface area contributed by atoms with Crippen LogP contribution in [0.2, 0.25) is 0 Å². The number of rotatable bonds is 10. The smallest absolute Gasteiger partial charge is 0.408 e. The van der Waals surface area contributed by atoms with Crippen molar-refractivity contribution < 1.29 is 24.2 Å². The van der Waals surface area contributed by atoms with Crippen molar-refractivity contribution in [2.75, 3.05) is 13.2 Å². The van der Waals surface area contributed by atoms with Crippen molar-refractivity contribution in [3.05, 3.63) is 35.9 Å². The lowest BCUT2D eigenvalue weighted by atomic mass is 9.95. The zero-order valence-electron chi connectivity index (χ0n) is 21.1. The Morgan fingerprint density at radius 1 is 1.03 bits per heavy atom. The molecule has 2 atom stereocenters. The predicted molar refractivity (Wildman–Crippen MR) is 129 cm³/mol. The van der Waals surface area contributed by atoms with E-state index >= 15 is 0 Å². The number of nitrogens with one attached hydrogen (secondary N) is 2. The van der Waals surface area contributed by atoms with E-state index in [2.05, 4.69) is 17.6 Å². The van der Waals surface area contributed by atoms with Gasteiger partial charge in [0.15, 0.2) is 0 Å². The van der Waals surface area contributed by atoms with Gasteiger partial charge in [0.1, 0.15) is 17.7 Å². The van der Waals surface area contributed by atoms with Gasteiger partial charge in [0, 0.05) is 12.1 Å². The molecular weight excluding hydrogens is 422 g/mol. The van der Waals surface area contributed by atoms with E-state index in [0.29, 0.717) is 12.1 Å². The second-order valence-corrected chi connectivity index (χ2v) is 10.1. The zero-order valence-corrected chi connectivity index (χ0v) is 21.1. The van der Waals surface area contributed by atoms with E-state index in [9.17, 15) is 19.5 Å². The molecule has 1 aromatic carbocycles. The number of carbonyl (C=O) groups is 3. The van der Waals surface area contributed by atoms with E-state index in [4.69, 9.17) is 4.74 Å². The molecule has 8 heteroatoms. The lowest BCUT2D eigenvalue weighted by Gasteiger charge is -2.42. The molecule has 186 valence electrons. The summed E-state index contributed by atoms with van der Waals surface area (Å²) >= 11 is 0. The first-order valence-corrected chi connectivity index (χ1v) is 11.6. The molecule has 2 unspecified atom stereocenters. The quantitative estimate of drug-likeness (QED) is 0.460. The first-order chi connectivity index (χ1) is 15.3. The summed E-state index contributed by atoms with van der Waals surface area (Å²) in [6, 6.07) is 6.83.